The summed E-state index contributed by atoms with van der Waals surface area (Å²) >= 11 is 1.64. The van der Waals surface area contributed by atoms with E-state index >= 15 is 0 Å². The van der Waals surface area contributed by atoms with E-state index in [0.717, 1.165) is 30.8 Å². The highest BCUT2D eigenvalue weighted by atomic mass is 32.1. The fraction of sp³-hybridized carbons (Fsp3) is 0.400. The largest absolute Gasteiger partial charge is 0.316 e. The first-order valence-corrected chi connectivity index (χ1v) is 7.74. The molecule has 0 aromatic carbocycles. The lowest BCUT2D eigenvalue weighted by Gasteiger charge is -2.37. The first-order valence-electron chi connectivity index (χ1n) is 6.80. The zero-order chi connectivity index (χ0) is 12.8. The first kappa shape index (κ1) is 11.4. The van der Waals surface area contributed by atoms with E-state index in [0.29, 0.717) is 11.8 Å². The molecule has 4 rings (SSSR count). The second-order valence-electron chi connectivity index (χ2n) is 5.56. The van der Waals surface area contributed by atoms with Gasteiger partial charge in [0.2, 0.25) is 0 Å². The minimum absolute atomic E-state index is 0.188. The van der Waals surface area contributed by atoms with E-state index in [1.54, 1.807) is 11.3 Å². The third-order valence-corrected chi connectivity index (χ3v) is 5.02. The molecule has 0 aliphatic carbocycles. The van der Waals surface area contributed by atoms with Crippen molar-refractivity contribution in [1.29, 1.82) is 0 Å². The Morgan fingerprint density at radius 1 is 1.26 bits per heavy atom. The van der Waals surface area contributed by atoms with Crippen LogP contribution in [-0.4, -0.2) is 17.7 Å². The molecule has 2 unspecified atom stereocenters. The van der Waals surface area contributed by atoms with Gasteiger partial charge in [0.25, 0.3) is 5.56 Å². The van der Waals surface area contributed by atoms with Crippen molar-refractivity contribution >= 4 is 11.3 Å². The van der Waals surface area contributed by atoms with Crippen LogP contribution in [0.5, 0.6) is 0 Å². The molecule has 98 valence electrons. The van der Waals surface area contributed by atoms with Crippen LogP contribution in [0.25, 0.3) is 11.1 Å². The summed E-state index contributed by atoms with van der Waals surface area (Å²) < 4.78 is 2.02. The second-order valence-corrected chi connectivity index (χ2v) is 6.34. The van der Waals surface area contributed by atoms with E-state index in [1.165, 1.54) is 12.1 Å². The standard InChI is InChI=1S/C15H16N2OS/c18-15-13(11-3-4-19-9-11)1-2-14-12-5-10(6-16-7-12)8-17(14)15/h1-4,9-10,12,16H,5-8H2. The maximum atomic E-state index is 12.7. The van der Waals surface area contributed by atoms with E-state index in [1.807, 2.05) is 22.1 Å². The van der Waals surface area contributed by atoms with Crippen LogP contribution < -0.4 is 10.9 Å². The number of pyridine rings is 1. The average molecular weight is 272 g/mol. The highest BCUT2D eigenvalue weighted by Crippen LogP contribution is 2.32. The van der Waals surface area contributed by atoms with Crippen LogP contribution in [0.3, 0.4) is 0 Å². The summed E-state index contributed by atoms with van der Waals surface area (Å²) in [5.74, 6) is 1.12. The van der Waals surface area contributed by atoms with Gasteiger partial charge in [-0.2, -0.15) is 11.3 Å². The molecule has 2 atom stereocenters. The topological polar surface area (TPSA) is 34.0 Å². The van der Waals surface area contributed by atoms with Crippen molar-refractivity contribution in [2.24, 2.45) is 5.92 Å². The van der Waals surface area contributed by atoms with E-state index < -0.39 is 0 Å². The molecule has 2 aliphatic heterocycles. The van der Waals surface area contributed by atoms with Gasteiger partial charge in [0.15, 0.2) is 0 Å². The Kier molecular flexibility index (Phi) is 2.60. The van der Waals surface area contributed by atoms with Crippen LogP contribution in [0.4, 0.5) is 0 Å². The Bertz CT molecular complexity index is 659. The van der Waals surface area contributed by atoms with Gasteiger partial charge in [0.1, 0.15) is 0 Å². The van der Waals surface area contributed by atoms with E-state index in [-0.39, 0.29) is 5.56 Å². The summed E-state index contributed by atoms with van der Waals surface area (Å²) in [6.45, 7) is 2.93. The monoisotopic (exact) mass is 272 g/mol. The number of hydrogen-bond donors (Lipinski definition) is 1. The Morgan fingerprint density at radius 2 is 2.21 bits per heavy atom. The molecular weight excluding hydrogens is 256 g/mol. The van der Waals surface area contributed by atoms with Crippen LogP contribution in [0, 0.1) is 5.92 Å². The van der Waals surface area contributed by atoms with Gasteiger partial charge < -0.3 is 9.88 Å². The van der Waals surface area contributed by atoms with Crippen LogP contribution in [0.1, 0.15) is 18.0 Å². The fourth-order valence-corrected chi connectivity index (χ4v) is 4.08. The van der Waals surface area contributed by atoms with Gasteiger partial charge in [-0.15, -0.1) is 0 Å². The second kappa shape index (κ2) is 4.32. The number of nitrogens with zero attached hydrogens (tertiary/aromatic N) is 1. The third kappa shape index (κ3) is 1.78. The molecule has 19 heavy (non-hydrogen) atoms. The Balaban J connectivity index is 1.88. The average Bonchev–Trinajstić information content (AvgIpc) is 2.94. The molecule has 1 saturated heterocycles. The molecule has 0 spiro atoms. The summed E-state index contributed by atoms with van der Waals surface area (Å²) in [7, 11) is 0. The van der Waals surface area contributed by atoms with Crippen LogP contribution >= 0.6 is 11.3 Å². The fourth-order valence-electron chi connectivity index (χ4n) is 3.43. The lowest BCUT2D eigenvalue weighted by molar-refractivity contribution is 0.257. The normalized spacial score (nSPS) is 25.1. The SMILES string of the molecule is O=c1c(-c2ccsc2)ccc2n1CC1CNCC2C1. The maximum Gasteiger partial charge on any atom is 0.258 e. The molecule has 2 aliphatic rings. The third-order valence-electron chi connectivity index (χ3n) is 4.34. The molecule has 2 bridgehead atoms. The predicted molar refractivity (Wildman–Crippen MR) is 77.7 cm³/mol. The Morgan fingerprint density at radius 3 is 3.05 bits per heavy atom. The van der Waals surface area contributed by atoms with Gasteiger partial charge in [-0.05, 0) is 53.4 Å². The van der Waals surface area contributed by atoms with Crippen molar-refractivity contribution in [3.8, 4) is 11.1 Å². The molecule has 0 saturated carbocycles. The molecule has 4 heterocycles. The van der Waals surface area contributed by atoms with Crippen molar-refractivity contribution in [2.75, 3.05) is 13.1 Å². The summed E-state index contributed by atoms with van der Waals surface area (Å²) in [4.78, 5) is 12.7. The quantitative estimate of drug-likeness (QED) is 0.864. The number of aromatic nitrogens is 1. The van der Waals surface area contributed by atoms with Crippen molar-refractivity contribution in [3.05, 3.63) is 45.0 Å². The van der Waals surface area contributed by atoms with Gasteiger partial charge >= 0.3 is 0 Å². The summed E-state index contributed by atoms with van der Waals surface area (Å²) in [5.41, 5.74) is 3.30. The van der Waals surface area contributed by atoms with Gasteiger partial charge in [-0.3, -0.25) is 4.79 Å². The molecule has 2 aromatic heterocycles. The number of hydrogen-bond acceptors (Lipinski definition) is 3. The number of rotatable bonds is 1. The van der Waals surface area contributed by atoms with Crippen molar-refractivity contribution in [2.45, 2.75) is 18.9 Å². The Labute approximate surface area is 115 Å². The lowest BCUT2D eigenvalue weighted by Crippen LogP contribution is -2.45. The molecule has 1 N–H and O–H groups in total. The molecular formula is C15H16N2OS. The van der Waals surface area contributed by atoms with E-state index in [2.05, 4.69) is 16.8 Å². The van der Waals surface area contributed by atoms with E-state index in [4.69, 9.17) is 0 Å². The predicted octanol–water partition coefficient (Wildman–Crippen LogP) is 2.28. The van der Waals surface area contributed by atoms with Crippen LogP contribution in [0.2, 0.25) is 0 Å². The van der Waals surface area contributed by atoms with Crippen LogP contribution in [0.15, 0.2) is 33.8 Å². The van der Waals surface area contributed by atoms with E-state index in [9.17, 15) is 4.79 Å². The zero-order valence-electron chi connectivity index (χ0n) is 10.6. The number of fused-ring (bicyclic) bond motifs is 4. The lowest BCUT2D eigenvalue weighted by atomic mass is 9.84. The highest BCUT2D eigenvalue weighted by molar-refractivity contribution is 7.08. The first-order chi connectivity index (χ1) is 9.33. The zero-order valence-corrected chi connectivity index (χ0v) is 11.5. The minimum atomic E-state index is 0.188. The number of piperidine rings is 1. The molecule has 1 fully saturated rings. The number of thiophene rings is 1. The van der Waals surface area contributed by atoms with Gasteiger partial charge in [0.05, 0.1) is 0 Å². The van der Waals surface area contributed by atoms with Crippen molar-refractivity contribution < 1.29 is 0 Å². The summed E-state index contributed by atoms with van der Waals surface area (Å²) in [6.07, 6.45) is 1.23. The van der Waals surface area contributed by atoms with Gasteiger partial charge in [-0.1, -0.05) is 0 Å². The van der Waals surface area contributed by atoms with Gasteiger partial charge in [0, 0.05) is 30.3 Å². The molecule has 0 radical (unpaired) electrons. The number of nitrogens with one attached hydrogen (secondary N) is 1. The van der Waals surface area contributed by atoms with Crippen molar-refractivity contribution in [3.63, 3.8) is 0 Å². The van der Waals surface area contributed by atoms with Crippen molar-refractivity contribution in [1.82, 2.24) is 9.88 Å². The molecule has 3 nitrogen and oxygen atoms in total. The molecule has 2 aromatic rings. The van der Waals surface area contributed by atoms with Gasteiger partial charge in [-0.25, -0.2) is 0 Å². The smallest absolute Gasteiger partial charge is 0.258 e. The highest BCUT2D eigenvalue weighted by Gasteiger charge is 2.31. The summed E-state index contributed by atoms with van der Waals surface area (Å²) in [6, 6.07) is 6.19. The Hall–Kier alpha value is -1.39. The van der Waals surface area contributed by atoms with Crippen LogP contribution in [-0.2, 0) is 6.54 Å². The maximum absolute atomic E-state index is 12.7. The minimum Gasteiger partial charge on any atom is -0.316 e. The molecule has 4 heteroatoms. The molecule has 0 amide bonds. The summed E-state index contributed by atoms with van der Waals surface area (Å²) in [5, 5.41) is 7.55.